The third-order valence-corrected chi connectivity index (χ3v) is 2.49. The van der Waals surface area contributed by atoms with Crippen LogP contribution in [-0.2, 0) is 4.74 Å². The molecular weight excluding hydrogens is 218 g/mol. The third kappa shape index (κ3) is 1.63. The van der Waals surface area contributed by atoms with Gasteiger partial charge < -0.3 is 10.5 Å². The number of benzene rings is 1. The number of anilines is 1. The molecular formula is C11H11N5O. The van der Waals surface area contributed by atoms with E-state index in [0.717, 1.165) is 5.69 Å². The summed E-state index contributed by atoms with van der Waals surface area (Å²) >= 11 is 0. The van der Waals surface area contributed by atoms with Gasteiger partial charge in [-0.3, -0.25) is 0 Å². The first-order valence-corrected chi connectivity index (χ1v) is 5.30. The van der Waals surface area contributed by atoms with Crippen molar-refractivity contribution in [2.24, 2.45) is 4.99 Å². The van der Waals surface area contributed by atoms with Crippen LogP contribution in [0.3, 0.4) is 0 Å². The standard InChI is InChI=1S/C11H11N5O/c12-10-9(11-13-6-7-17-11)14-15-16(10)8-4-2-1-3-5-8/h1-5H,6-7,12H2. The van der Waals surface area contributed by atoms with Gasteiger partial charge in [0, 0.05) is 0 Å². The van der Waals surface area contributed by atoms with E-state index in [0.29, 0.717) is 30.6 Å². The smallest absolute Gasteiger partial charge is 0.241 e. The summed E-state index contributed by atoms with van der Waals surface area (Å²) in [4.78, 5) is 4.17. The minimum Gasteiger partial charge on any atom is -0.474 e. The van der Waals surface area contributed by atoms with Crippen molar-refractivity contribution >= 4 is 11.7 Å². The van der Waals surface area contributed by atoms with Gasteiger partial charge in [0.1, 0.15) is 6.61 Å². The Morgan fingerprint density at radius 1 is 1.24 bits per heavy atom. The molecule has 1 aromatic heterocycles. The molecule has 0 atom stereocenters. The SMILES string of the molecule is Nc1c(C2=NCCO2)nnn1-c1ccccc1. The fourth-order valence-electron chi connectivity index (χ4n) is 1.68. The van der Waals surface area contributed by atoms with Crippen molar-refractivity contribution in [1.29, 1.82) is 0 Å². The molecule has 0 saturated heterocycles. The second-order valence-corrected chi connectivity index (χ2v) is 3.61. The number of aromatic nitrogens is 3. The molecule has 0 amide bonds. The molecule has 6 heteroatoms. The Bertz CT molecular complexity index is 560. The van der Waals surface area contributed by atoms with Gasteiger partial charge in [-0.1, -0.05) is 23.4 Å². The number of nitrogen functional groups attached to an aromatic ring is 1. The van der Waals surface area contributed by atoms with Crippen LogP contribution in [0.5, 0.6) is 0 Å². The zero-order chi connectivity index (χ0) is 11.7. The minimum absolute atomic E-state index is 0.442. The molecule has 1 aliphatic rings. The molecule has 2 N–H and O–H groups in total. The van der Waals surface area contributed by atoms with Gasteiger partial charge in [-0.15, -0.1) is 5.10 Å². The van der Waals surface area contributed by atoms with E-state index in [1.165, 1.54) is 0 Å². The molecule has 0 fully saturated rings. The predicted octanol–water partition coefficient (Wildman–Crippen LogP) is 0.626. The van der Waals surface area contributed by atoms with Crippen molar-refractivity contribution in [2.45, 2.75) is 0 Å². The highest BCUT2D eigenvalue weighted by molar-refractivity contribution is 5.97. The van der Waals surface area contributed by atoms with Crippen LogP contribution in [-0.4, -0.2) is 34.0 Å². The van der Waals surface area contributed by atoms with Crippen molar-refractivity contribution in [3.8, 4) is 5.69 Å². The zero-order valence-corrected chi connectivity index (χ0v) is 9.08. The monoisotopic (exact) mass is 229 g/mol. The summed E-state index contributed by atoms with van der Waals surface area (Å²) in [5.41, 5.74) is 7.36. The maximum absolute atomic E-state index is 5.99. The molecule has 0 aliphatic carbocycles. The molecule has 2 heterocycles. The van der Waals surface area contributed by atoms with Crippen LogP contribution in [0.25, 0.3) is 5.69 Å². The summed E-state index contributed by atoms with van der Waals surface area (Å²) in [5, 5.41) is 8.02. The van der Waals surface area contributed by atoms with Crippen molar-refractivity contribution in [3.63, 3.8) is 0 Å². The lowest BCUT2D eigenvalue weighted by molar-refractivity contribution is 0.347. The summed E-state index contributed by atoms with van der Waals surface area (Å²) in [6.45, 7) is 1.22. The number of ether oxygens (including phenoxy) is 1. The van der Waals surface area contributed by atoms with Gasteiger partial charge in [0.05, 0.1) is 12.2 Å². The van der Waals surface area contributed by atoms with E-state index < -0.39 is 0 Å². The Hall–Kier alpha value is -2.37. The van der Waals surface area contributed by atoms with Crippen LogP contribution < -0.4 is 5.73 Å². The number of rotatable bonds is 2. The number of aliphatic imine (C=N–C) groups is 1. The van der Waals surface area contributed by atoms with Gasteiger partial charge >= 0.3 is 0 Å². The average molecular weight is 229 g/mol. The molecule has 2 aromatic rings. The quantitative estimate of drug-likeness (QED) is 0.819. The minimum atomic E-state index is 0.442. The fourth-order valence-corrected chi connectivity index (χ4v) is 1.68. The van der Waals surface area contributed by atoms with Crippen molar-refractivity contribution in [2.75, 3.05) is 18.9 Å². The van der Waals surface area contributed by atoms with E-state index >= 15 is 0 Å². The molecule has 1 aliphatic heterocycles. The second kappa shape index (κ2) is 3.89. The number of hydrogen-bond acceptors (Lipinski definition) is 5. The summed E-state index contributed by atoms with van der Waals surface area (Å²) in [5.74, 6) is 0.918. The Balaban J connectivity index is 2.03. The third-order valence-electron chi connectivity index (χ3n) is 2.49. The largest absolute Gasteiger partial charge is 0.474 e. The molecule has 0 spiro atoms. The van der Waals surface area contributed by atoms with E-state index in [1.807, 2.05) is 30.3 Å². The van der Waals surface area contributed by atoms with Crippen molar-refractivity contribution in [1.82, 2.24) is 15.0 Å². The summed E-state index contributed by atoms with van der Waals surface area (Å²) in [6, 6.07) is 9.58. The normalized spacial score (nSPS) is 14.5. The average Bonchev–Trinajstić information content (AvgIpc) is 2.99. The van der Waals surface area contributed by atoms with E-state index in [4.69, 9.17) is 10.5 Å². The van der Waals surface area contributed by atoms with Gasteiger partial charge in [-0.05, 0) is 12.1 Å². The topological polar surface area (TPSA) is 78.3 Å². The lowest BCUT2D eigenvalue weighted by Gasteiger charge is -2.02. The Morgan fingerprint density at radius 2 is 2.06 bits per heavy atom. The first-order chi connectivity index (χ1) is 8.36. The van der Waals surface area contributed by atoms with Crippen molar-refractivity contribution in [3.05, 3.63) is 36.0 Å². The van der Waals surface area contributed by atoms with Crippen LogP contribution in [0, 0.1) is 0 Å². The molecule has 0 radical (unpaired) electrons. The Labute approximate surface area is 97.7 Å². The lowest BCUT2D eigenvalue weighted by Crippen LogP contribution is -2.07. The number of nitrogens with two attached hydrogens (primary N) is 1. The van der Waals surface area contributed by atoms with E-state index in [9.17, 15) is 0 Å². The molecule has 3 rings (SSSR count). The second-order valence-electron chi connectivity index (χ2n) is 3.61. The van der Waals surface area contributed by atoms with E-state index in [-0.39, 0.29) is 0 Å². The number of para-hydroxylation sites is 1. The first-order valence-electron chi connectivity index (χ1n) is 5.30. The van der Waals surface area contributed by atoms with Crippen LogP contribution >= 0.6 is 0 Å². The van der Waals surface area contributed by atoms with Gasteiger partial charge in [0.2, 0.25) is 5.90 Å². The van der Waals surface area contributed by atoms with Gasteiger partial charge in [-0.2, -0.15) is 4.68 Å². The Kier molecular flexibility index (Phi) is 2.25. The van der Waals surface area contributed by atoms with E-state index in [2.05, 4.69) is 15.3 Å². The highest BCUT2D eigenvalue weighted by atomic mass is 16.5. The van der Waals surface area contributed by atoms with Gasteiger partial charge in [0.25, 0.3) is 0 Å². The Morgan fingerprint density at radius 3 is 2.76 bits per heavy atom. The van der Waals surface area contributed by atoms with Gasteiger partial charge in [-0.25, -0.2) is 4.99 Å². The zero-order valence-electron chi connectivity index (χ0n) is 9.08. The number of hydrogen-bond donors (Lipinski definition) is 1. The number of nitrogens with zero attached hydrogens (tertiary/aromatic N) is 4. The van der Waals surface area contributed by atoms with Crippen LogP contribution in [0.2, 0.25) is 0 Å². The highest BCUT2D eigenvalue weighted by Gasteiger charge is 2.20. The molecule has 17 heavy (non-hydrogen) atoms. The molecule has 0 unspecified atom stereocenters. The summed E-state index contributed by atoms with van der Waals surface area (Å²) in [6.07, 6.45) is 0. The highest BCUT2D eigenvalue weighted by Crippen LogP contribution is 2.17. The first kappa shape index (κ1) is 9.83. The maximum Gasteiger partial charge on any atom is 0.241 e. The fraction of sp³-hybridized carbons (Fsp3) is 0.182. The van der Waals surface area contributed by atoms with Crippen molar-refractivity contribution < 1.29 is 4.74 Å². The summed E-state index contributed by atoms with van der Waals surface area (Å²) in [7, 11) is 0. The van der Waals surface area contributed by atoms with Crippen LogP contribution in [0.4, 0.5) is 5.82 Å². The lowest BCUT2D eigenvalue weighted by atomic mass is 10.3. The van der Waals surface area contributed by atoms with Crippen LogP contribution in [0.1, 0.15) is 5.69 Å². The van der Waals surface area contributed by atoms with Crippen LogP contribution in [0.15, 0.2) is 35.3 Å². The predicted molar refractivity (Wildman–Crippen MR) is 63.1 cm³/mol. The van der Waals surface area contributed by atoms with Gasteiger partial charge in [0.15, 0.2) is 11.5 Å². The molecule has 1 aromatic carbocycles. The molecule has 0 saturated carbocycles. The summed E-state index contributed by atoms with van der Waals surface area (Å²) < 4.78 is 6.89. The molecule has 6 nitrogen and oxygen atoms in total. The molecule has 86 valence electrons. The maximum atomic E-state index is 5.99. The molecule has 0 bridgehead atoms. The van der Waals surface area contributed by atoms with E-state index in [1.54, 1.807) is 4.68 Å².